The van der Waals surface area contributed by atoms with Crippen LogP contribution in [0.2, 0.25) is 0 Å². The molecule has 0 radical (unpaired) electrons. The van der Waals surface area contributed by atoms with Gasteiger partial charge in [-0.25, -0.2) is 0 Å². The van der Waals surface area contributed by atoms with E-state index in [9.17, 15) is 4.79 Å². The van der Waals surface area contributed by atoms with Crippen LogP contribution in [0.5, 0.6) is 0 Å². The second kappa shape index (κ2) is 5.67. The van der Waals surface area contributed by atoms with Crippen LogP contribution in [0.3, 0.4) is 0 Å². The summed E-state index contributed by atoms with van der Waals surface area (Å²) in [5.74, 6) is 3.15. The van der Waals surface area contributed by atoms with Crippen LogP contribution >= 0.6 is 0 Å². The molecule has 0 aromatic heterocycles. The molecule has 0 aromatic rings. The Hall–Kier alpha value is -0.570. The van der Waals surface area contributed by atoms with Crippen molar-refractivity contribution in [3.63, 3.8) is 0 Å². The first-order valence-corrected chi connectivity index (χ1v) is 8.45. The van der Waals surface area contributed by atoms with E-state index in [0.717, 1.165) is 37.1 Å². The second-order valence-corrected chi connectivity index (χ2v) is 7.85. The summed E-state index contributed by atoms with van der Waals surface area (Å²) in [5, 5.41) is 8.80. The Labute approximate surface area is 122 Å². The zero-order chi connectivity index (χ0) is 14.2. The predicted molar refractivity (Wildman–Crippen MR) is 79.2 cm³/mol. The smallest absolute Gasteiger partial charge is 0.222 e. The van der Waals surface area contributed by atoms with Crippen molar-refractivity contribution in [1.29, 1.82) is 0 Å². The van der Waals surface area contributed by atoms with Crippen molar-refractivity contribution >= 4 is 5.91 Å². The molecule has 3 nitrogen and oxygen atoms in total. The highest BCUT2D eigenvalue weighted by Crippen LogP contribution is 2.60. The highest BCUT2D eigenvalue weighted by Gasteiger charge is 2.51. The average Bonchev–Trinajstić information content (AvgIpc) is 2.36. The van der Waals surface area contributed by atoms with Crippen molar-refractivity contribution < 1.29 is 9.90 Å². The van der Waals surface area contributed by atoms with Crippen molar-refractivity contribution in [3.8, 4) is 0 Å². The molecule has 0 spiro atoms. The fraction of sp³-hybridized carbons (Fsp3) is 0.941. The van der Waals surface area contributed by atoms with Crippen molar-refractivity contribution in [2.45, 2.75) is 57.8 Å². The van der Waals surface area contributed by atoms with E-state index >= 15 is 0 Å². The van der Waals surface area contributed by atoms with Gasteiger partial charge in [0.2, 0.25) is 5.91 Å². The molecule has 0 heterocycles. The average molecular weight is 279 g/mol. The topological polar surface area (TPSA) is 40.5 Å². The SMILES string of the molecule is CN(CC12CC3CC(CC(C3)C1)C2)C(=O)CCCCO. The maximum atomic E-state index is 12.2. The molecule has 0 atom stereocenters. The van der Waals surface area contributed by atoms with E-state index in [-0.39, 0.29) is 12.5 Å². The lowest BCUT2D eigenvalue weighted by Gasteiger charge is -2.57. The van der Waals surface area contributed by atoms with Gasteiger partial charge in [-0.1, -0.05) is 0 Å². The minimum Gasteiger partial charge on any atom is -0.396 e. The van der Waals surface area contributed by atoms with E-state index in [0.29, 0.717) is 11.8 Å². The standard InChI is InChI=1S/C17H29NO2/c1-18(16(20)4-2-3-5-19)12-17-9-13-6-14(10-17)8-15(7-13)11-17/h13-15,19H,2-12H2,1H3. The fourth-order valence-electron chi connectivity index (χ4n) is 5.65. The van der Waals surface area contributed by atoms with Gasteiger partial charge in [0, 0.05) is 26.6 Å². The Morgan fingerprint density at radius 1 is 1.10 bits per heavy atom. The van der Waals surface area contributed by atoms with E-state index in [4.69, 9.17) is 5.11 Å². The van der Waals surface area contributed by atoms with E-state index in [1.165, 1.54) is 38.5 Å². The van der Waals surface area contributed by atoms with Crippen LogP contribution in [0, 0.1) is 23.2 Å². The summed E-state index contributed by atoms with van der Waals surface area (Å²) >= 11 is 0. The number of hydrogen-bond acceptors (Lipinski definition) is 2. The highest BCUT2D eigenvalue weighted by molar-refractivity contribution is 5.75. The van der Waals surface area contributed by atoms with Gasteiger partial charge in [-0.3, -0.25) is 4.79 Å². The fourth-order valence-corrected chi connectivity index (χ4v) is 5.65. The van der Waals surface area contributed by atoms with Crippen LogP contribution in [0.25, 0.3) is 0 Å². The number of aliphatic hydroxyl groups excluding tert-OH is 1. The maximum absolute atomic E-state index is 12.2. The molecule has 0 aromatic carbocycles. The molecule has 4 aliphatic rings. The number of rotatable bonds is 6. The van der Waals surface area contributed by atoms with E-state index in [2.05, 4.69) is 0 Å². The predicted octanol–water partition coefficient (Wildman–Crippen LogP) is 2.82. The van der Waals surface area contributed by atoms with Gasteiger partial charge < -0.3 is 10.0 Å². The number of nitrogens with zero attached hydrogens (tertiary/aromatic N) is 1. The van der Waals surface area contributed by atoms with Crippen LogP contribution in [-0.2, 0) is 4.79 Å². The largest absolute Gasteiger partial charge is 0.396 e. The van der Waals surface area contributed by atoms with Gasteiger partial charge in [-0.15, -0.1) is 0 Å². The molecular weight excluding hydrogens is 250 g/mol. The molecule has 0 aliphatic heterocycles. The Bertz CT molecular complexity index is 331. The first-order valence-electron chi connectivity index (χ1n) is 8.45. The van der Waals surface area contributed by atoms with Gasteiger partial charge in [0.15, 0.2) is 0 Å². The molecule has 0 saturated heterocycles. The summed E-state index contributed by atoms with van der Waals surface area (Å²) in [7, 11) is 1.99. The first kappa shape index (κ1) is 14.4. The molecule has 4 bridgehead atoms. The van der Waals surface area contributed by atoms with Crippen LogP contribution in [0.15, 0.2) is 0 Å². The molecule has 0 unspecified atom stereocenters. The first-order chi connectivity index (χ1) is 9.60. The van der Waals surface area contributed by atoms with Gasteiger partial charge in [-0.2, -0.15) is 0 Å². The molecular formula is C17H29NO2. The number of amides is 1. The van der Waals surface area contributed by atoms with Crippen molar-refractivity contribution in [2.24, 2.45) is 23.2 Å². The minimum atomic E-state index is 0.200. The monoisotopic (exact) mass is 279 g/mol. The third kappa shape index (κ3) is 2.88. The third-order valence-corrected chi connectivity index (χ3v) is 5.96. The Balaban J connectivity index is 1.55. The van der Waals surface area contributed by atoms with Gasteiger partial charge in [0.1, 0.15) is 0 Å². The zero-order valence-corrected chi connectivity index (χ0v) is 12.8. The molecule has 20 heavy (non-hydrogen) atoms. The summed E-state index contributed by atoms with van der Waals surface area (Å²) in [6.07, 6.45) is 10.7. The molecule has 1 amide bonds. The quantitative estimate of drug-likeness (QED) is 0.760. The van der Waals surface area contributed by atoms with E-state index in [1.807, 2.05) is 11.9 Å². The third-order valence-electron chi connectivity index (χ3n) is 5.96. The molecule has 4 rings (SSSR count). The van der Waals surface area contributed by atoms with Gasteiger partial charge in [-0.05, 0) is 74.5 Å². The van der Waals surface area contributed by atoms with Crippen LogP contribution < -0.4 is 0 Å². The maximum Gasteiger partial charge on any atom is 0.222 e. The van der Waals surface area contributed by atoms with Crippen LogP contribution in [0.1, 0.15) is 57.8 Å². The summed E-state index contributed by atoms with van der Waals surface area (Å²) in [6.45, 7) is 1.18. The Kier molecular flexibility index (Phi) is 4.07. The number of hydrogen-bond donors (Lipinski definition) is 1. The van der Waals surface area contributed by atoms with Crippen molar-refractivity contribution in [2.75, 3.05) is 20.2 Å². The number of carbonyl (C=O) groups excluding carboxylic acids is 1. The lowest BCUT2D eigenvalue weighted by molar-refractivity contribution is -0.135. The lowest BCUT2D eigenvalue weighted by atomic mass is 9.49. The van der Waals surface area contributed by atoms with Crippen molar-refractivity contribution in [1.82, 2.24) is 4.90 Å². The molecule has 4 aliphatic carbocycles. The number of carbonyl (C=O) groups is 1. The van der Waals surface area contributed by atoms with Gasteiger partial charge in [0.25, 0.3) is 0 Å². The highest BCUT2D eigenvalue weighted by atomic mass is 16.3. The van der Waals surface area contributed by atoms with E-state index < -0.39 is 0 Å². The normalized spacial score (nSPS) is 38.2. The minimum absolute atomic E-state index is 0.200. The number of aliphatic hydroxyl groups is 1. The summed E-state index contributed by atoms with van der Waals surface area (Å²) in [5.41, 5.74) is 0.455. The molecule has 3 heteroatoms. The summed E-state index contributed by atoms with van der Waals surface area (Å²) in [4.78, 5) is 14.2. The molecule has 4 saturated carbocycles. The Morgan fingerprint density at radius 3 is 2.15 bits per heavy atom. The Morgan fingerprint density at radius 2 is 1.65 bits per heavy atom. The molecule has 4 fully saturated rings. The second-order valence-electron chi connectivity index (χ2n) is 7.85. The number of unbranched alkanes of at least 4 members (excludes halogenated alkanes) is 1. The van der Waals surface area contributed by atoms with E-state index in [1.54, 1.807) is 0 Å². The van der Waals surface area contributed by atoms with Crippen LogP contribution in [-0.4, -0.2) is 36.1 Å². The summed E-state index contributed by atoms with van der Waals surface area (Å²) < 4.78 is 0. The summed E-state index contributed by atoms with van der Waals surface area (Å²) in [6, 6.07) is 0. The molecule has 1 N–H and O–H groups in total. The molecule has 114 valence electrons. The van der Waals surface area contributed by atoms with Crippen LogP contribution in [0.4, 0.5) is 0 Å². The van der Waals surface area contributed by atoms with Crippen molar-refractivity contribution in [3.05, 3.63) is 0 Å². The zero-order valence-electron chi connectivity index (χ0n) is 12.8. The van der Waals surface area contributed by atoms with Gasteiger partial charge >= 0.3 is 0 Å². The lowest BCUT2D eigenvalue weighted by Crippen LogP contribution is -2.51. The van der Waals surface area contributed by atoms with Gasteiger partial charge in [0.05, 0.1) is 0 Å².